The summed E-state index contributed by atoms with van der Waals surface area (Å²) in [6, 6.07) is 15.3. The lowest BCUT2D eigenvalue weighted by Crippen LogP contribution is -2.14. The molecule has 0 fully saturated rings. The zero-order valence-electron chi connectivity index (χ0n) is 16.7. The molecule has 0 radical (unpaired) electrons. The first kappa shape index (κ1) is 21.4. The van der Waals surface area contributed by atoms with Crippen molar-refractivity contribution in [1.82, 2.24) is 0 Å². The SMILES string of the molecule is C=C(COc1ccccc1)C1=CCOC1CC/C(=C/c1cc(Br)ccc1O)CC. The molecule has 152 valence electrons. The molecule has 0 bridgehead atoms. The normalized spacial score (nSPS) is 16.6. The summed E-state index contributed by atoms with van der Waals surface area (Å²) in [5.74, 6) is 1.14. The number of phenolic OH excluding ortho intramolecular Hbond substituents is 1. The molecular formula is C25H27BrO3. The van der Waals surface area contributed by atoms with Crippen LogP contribution in [0.1, 0.15) is 31.7 Å². The molecular weight excluding hydrogens is 428 g/mol. The van der Waals surface area contributed by atoms with Gasteiger partial charge in [0.2, 0.25) is 0 Å². The first-order valence-corrected chi connectivity index (χ1v) is 10.7. The average molecular weight is 455 g/mol. The second-order valence-corrected chi connectivity index (χ2v) is 8.00. The highest BCUT2D eigenvalue weighted by atomic mass is 79.9. The van der Waals surface area contributed by atoms with Gasteiger partial charge in [-0.15, -0.1) is 0 Å². The summed E-state index contributed by atoms with van der Waals surface area (Å²) in [6.07, 6.45) is 6.92. The van der Waals surface area contributed by atoms with Gasteiger partial charge in [0, 0.05) is 10.0 Å². The van der Waals surface area contributed by atoms with Crippen LogP contribution in [0.3, 0.4) is 0 Å². The number of benzene rings is 2. The van der Waals surface area contributed by atoms with Gasteiger partial charge >= 0.3 is 0 Å². The van der Waals surface area contributed by atoms with Gasteiger partial charge in [0.15, 0.2) is 0 Å². The fourth-order valence-corrected chi connectivity index (χ4v) is 3.76. The minimum atomic E-state index is 0.0351. The van der Waals surface area contributed by atoms with Crippen LogP contribution in [0.4, 0.5) is 0 Å². The molecule has 1 heterocycles. The molecule has 1 aliphatic rings. The van der Waals surface area contributed by atoms with E-state index in [1.807, 2.05) is 42.5 Å². The number of hydrogen-bond acceptors (Lipinski definition) is 3. The molecule has 2 aromatic carbocycles. The largest absolute Gasteiger partial charge is 0.507 e. The lowest BCUT2D eigenvalue weighted by Gasteiger charge is -2.18. The second kappa shape index (κ2) is 10.5. The fraction of sp³-hybridized carbons (Fsp3) is 0.280. The molecule has 0 saturated heterocycles. The predicted octanol–water partition coefficient (Wildman–Crippen LogP) is 6.69. The van der Waals surface area contributed by atoms with E-state index in [1.54, 1.807) is 6.07 Å². The second-order valence-electron chi connectivity index (χ2n) is 7.08. The number of allylic oxidation sites excluding steroid dienone is 1. The van der Waals surface area contributed by atoms with Crippen LogP contribution in [0.2, 0.25) is 0 Å². The third-order valence-corrected chi connectivity index (χ3v) is 5.54. The lowest BCUT2D eigenvalue weighted by atomic mass is 9.96. The van der Waals surface area contributed by atoms with Gasteiger partial charge in [-0.05, 0) is 60.7 Å². The van der Waals surface area contributed by atoms with Gasteiger partial charge in [0.05, 0.1) is 12.7 Å². The molecule has 0 amide bonds. The number of hydrogen-bond donors (Lipinski definition) is 1. The van der Waals surface area contributed by atoms with E-state index in [1.165, 1.54) is 5.57 Å². The summed E-state index contributed by atoms with van der Waals surface area (Å²) in [4.78, 5) is 0. The number of halogens is 1. The lowest BCUT2D eigenvalue weighted by molar-refractivity contribution is 0.116. The molecule has 3 rings (SSSR count). The predicted molar refractivity (Wildman–Crippen MR) is 122 cm³/mol. The first-order valence-electron chi connectivity index (χ1n) is 9.92. The van der Waals surface area contributed by atoms with Crippen molar-refractivity contribution >= 4 is 22.0 Å². The van der Waals surface area contributed by atoms with Crippen LogP contribution in [-0.4, -0.2) is 24.4 Å². The molecule has 0 aliphatic carbocycles. The van der Waals surface area contributed by atoms with Crippen molar-refractivity contribution in [1.29, 1.82) is 0 Å². The van der Waals surface area contributed by atoms with Crippen LogP contribution < -0.4 is 4.74 Å². The van der Waals surface area contributed by atoms with E-state index in [0.717, 1.165) is 46.2 Å². The highest BCUT2D eigenvalue weighted by molar-refractivity contribution is 9.10. The Balaban J connectivity index is 1.58. The smallest absolute Gasteiger partial charge is 0.122 e. The van der Waals surface area contributed by atoms with E-state index in [2.05, 4.69) is 41.6 Å². The molecule has 0 aromatic heterocycles. The van der Waals surface area contributed by atoms with Gasteiger partial charge in [-0.25, -0.2) is 0 Å². The van der Waals surface area contributed by atoms with Crippen molar-refractivity contribution in [3.8, 4) is 11.5 Å². The maximum atomic E-state index is 10.1. The third kappa shape index (κ3) is 6.09. The molecule has 0 spiro atoms. The Hall–Kier alpha value is -2.30. The van der Waals surface area contributed by atoms with Crippen LogP contribution >= 0.6 is 15.9 Å². The summed E-state index contributed by atoms with van der Waals surface area (Å²) in [5.41, 5.74) is 4.21. The Morgan fingerprint density at radius 1 is 1.28 bits per heavy atom. The van der Waals surface area contributed by atoms with E-state index in [0.29, 0.717) is 19.0 Å². The number of phenols is 1. The van der Waals surface area contributed by atoms with Gasteiger partial charge in [0.25, 0.3) is 0 Å². The highest BCUT2D eigenvalue weighted by Gasteiger charge is 2.22. The van der Waals surface area contributed by atoms with E-state index in [9.17, 15) is 5.11 Å². The molecule has 2 aromatic rings. The summed E-state index contributed by atoms with van der Waals surface area (Å²) < 4.78 is 12.7. The first-order chi connectivity index (χ1) is 14.1. The maximum Gasteiger partial charge on any atom is 0.122 e. The summed E-state index contributed by atoms with van der Waals surface area (Å²) in [7, 11) is 0. The van der Waals surface area contributed by atoms with Crippen LogP contribution in [-0.2, 0) is 4.74 Å². The Morgan fingerprint density at radius 2 is 2.07 bits per heavy atom. The van der Waals surface area contributed by atoms with E-state index < -0.39 is 0 Å². The molecule has 4 heteroatoms. The molecule has 1 aliphatic heterocycles. The van der Waals surface area contributed by atoms with Crippen molar-refractivity contribution < 1.29 is 14.6 Å². The average Bonchev–Trinajstić information content (AvgIpc) is 3.21. The van der Waals surface area contributed by atoms with Crippen molar-refractivity contribution in [3.63, 3.8) is 0 Å². The zero-order chi connectivity index (χ0) is 20.6. The van der Waals surface area contributed by atoms with Crippen LogP contribution in [0.15, 0.2) is 82.4 Å². The van der Waals surface area contributed by atoms with Crippen LogP contribution in [0.25, 0.3) is 6.08 Å². The van der Waals surface area contributed by atoms with Crippen molar-refractivity contribution in [3.05, 3.63) is 87.9 Å². The van der Waals surface area contributed by atoms with Crippen molar-refractivity contribution in [2.45, 2.75) is 32.3 Å². The minimum Gasteiger partial charge on any atom is -0.507 e. The molecule has 3 nitrogen and oxygen atoms in total. The molecule has 29 heavy (non-hydrogen) atoms. The van der Waals surface area contributed by atoms with Gasteiger partial charge in [0.1, 0.15) is 18.1 Å². The number of ether oxygens (including phenoxy) is 2. The van der Waals surface area contributed by atoms with Crippen molar-refractivity contribution in [2.75, 3.05) is 13.2 Å². The minimum absolute atomic E-state index is 0.0351. The Labute approximate surface area is 181 Å². The topological polar surface area (TPSA) is 38.7 Å². The van der Waals surface area contributed by atoms with Gasteiger partial charge in [-0.2, -0.15) is 0 Å². The number of aromatic hydroxyl groups is 1. The molecule has 0 saturated carbocycles. The van der Waals surface area contributed by atoms with E-state index in [4.69, 9.17) is 9.47 Å². The third-order valence-electron chi connectivity index (χ3n) is 5.04. The Bertz CT molecular complexity index is 900. The molecule has 1 N–H and O–H groups in total. The molecule has 1 unspecified atom stereocenters. The Morgan fingerprint density at radius 3 is 2.83 bits per heavy atom. The summed E-state index contributed by atoms with van der Waals surface area (Å²) in [6.45, 7) is 7.42. The maximum absolute atomic E-state index is 10.1. The molecule has 1 atom stereocenters. The van der Waals surface area contributed by atoms with E-state index >= 15 is 0 Å². The van der Waals surface area contributed by atoms with Crippen molar-refractivity contribution in [2.24, 2.45) is 0 Å². The standard InChI is InChI=1S/C25H27BrO3/c1-3-19(15-20-16-21(26)10-11-24(20)27)9-12-25-23(13-14-28-25)18(2)17-29-22-7-5-4-6-8-22/h4-8,10-11,13,15-16,25,27H,2-3,9,12,14,17H2,1H3/b19-15+. The summed E-state index contributed by atoms with van der Waals surface area (Å²) >= 11 is 3.47. The highest BCUT2D eigenvalue weighted by Crippen LogP contribution is 2.30. The number of para-hydroxylation sites is 1. The zero-order valence-corrected chi connectivity index (χ0v) is 18.3. The summed E-state index contributed by atoms with van der Waals surface area (Å²) in [5, 5.41) is 10.1. The van der Waals surface area contributed by atoms with Gasteiger partial charge in [-0.1, -0.05) is 65.4 Å². The van der Waals surface area contributed by atoms with Crippen LogP contribution in [0.5, 0.6) is 11.5 Å². The Kier molecular flexibility index (Phi) is 7.73. The van der Waals surface area contributed by atoms with Crippen LogP contribution in [0, 0.1) is 0 Å². The van der Waals surface area contributed by atoms with E-state index in [-0.39, 0.29) is 6.10 Å². The monoisotopic (exact) mass is 454 g/mol. The quantitative estimate of drug-likeness (QED) is 0.458. The van der Waals surface area contributed by atoms with Gasteiger partial charge < -0.3 is 14.6 Å². The number of rotatable bonds is 9. The fourth-order valence-electron chi connectivity index (χ4n) is 3.39. The van der Waals surface area contributed by atoms with Gasteiger partial charge in [-0.3, -0.25) is 0 Å².